The Morgan fingerprint density at radius 3 is 2.61 bits per heavy atom. The normalized spacial score (nSPS) is 11.8. The van der Waals surface area contributed by atoms with Crippen molar-refractivity contribution in [1.82, 2.24) is 0 Å². The van der Waals surface area contributed by atoms with Crippen LogP contribution in [0.5, 0.6) is 11.5 Å². The molecule has 28 heavy (non-hydrogen) atoms. The molecule has 0 bridgehead atoms. The van der Waals surface area contributed by atoms with Crippen molar-refractivity contribution >= 4 is 21.7 Å². The van der Waals surface area contributed by atoms with Crippen LogP contribution in [0.2, 0.25) is 0 Å². The summed E-state index contributed by atoms with van der Waals surface area (Å²) in [7, 11) is 0. The Morgan fingerprint density at radius 2 is 1.89 bits per heavy atom. The van der Waals surface area contributed by atoms with Gasteiger partial charge in [-0.3, -0.25) is 0 Å². The van der Waals surface area contributed by atoms with E-state index in [0.717, 1.165) is 5.56 Å². The van der Waals surface area contributed by atoms with Gasteiger partial charge in [0.15, 0.2) is 0 Å². The number of phenolic OH excluding ortho intramolecular Hbond substituents is 2. The molecule has 0 spiro atoms. The van der Waals surface area contributed by atoms with E-state index in [1.54, 1.807) is 12.1 Å². The van der Waals surface area contributed by atoms with Crippen LogP contribution in [0.25, 0.3) is 21.7 Å². The van der Waals surface area contributed by atoms with Crippen molar-refractivity contribution in [3.8, 4) is 11.5 Å². The summed E-state index contributed by atoms with van der Waals surface area (Å²) < 4.78 is 5.41. The van der Waals surface area contributed by atoms with Crippen molar-refractivity contribution < 1.29 is 24.6 Å². The molecular weight excluding hydrogens is 366 g/mol. The van der Waals surface area contributed by atoms with Crippen LogP contribution >= 0.6 is 0 Å². The second-order valence-corrected chi connectivity index (χ2v) is 7.39. The van der Waals surface area contributed by atoms with Crippen LogP contribution in [-0.2, 0) is 10.3 Å². The predicted octanol–water partition coefficient (Wildman–Crippen LogP) is 4.01. The molecule has 1 aromatic heterocycles. The van der Waals surface area contributed by atoms with Crippen LogP contribution in [0.3, 0.4) is 0 Å². The van der Waals surface area contributed by atoms with E-state index in [2.05, 4.69) is 4.84 Å². The summed E-state index contributed by atoms with van der Waals surface area (Å²) in [6, 6.07) is 7.61. The highest BCUT2D eigenvalue weighted by molar-refractivity contribution is 6.08. The molecular formula is C20H21NO7. The molecule has 3 rings (SSSR count). The Morgan fingerprint density at radius 1 is 1.14 bits per heavy atom. The summed E-state index contributed by atoms with van der Waals surface area (Å²) in [5.41, 5.74) is 0.0964. The number of unbranched alkanes of at least 4 members (excludes halogenated alkanes) is 1. The molecule has 0 aliphatic carbocycles. The molecule has 2 aromatic carbocycles. The van der Waals surface area contributed by atoms with Gasteiger partial charge in [-0.1, -0.05) is 20.3 Å². The fourth-order valence-corrected chi connectivity index (χ4v) is 3.37. The first-order valence-electron chi connectivity index (χ1n) is 8.89. The van der Waals surface area contributed by atoms with E-state index in [-0.39, 0.29) is 34.5 Å². The zero-order chi connectivity index (χ0) is 20.5. The summed E-state index contributed by atoms with van der Waals surface area (Å²) >= 11 is 0. The van der Waals surface area contributed by atoms with Crippen molar-refractivity contribution in [3.05, 3.63) is 56.4 Å². The van der Waals surface area contributed by atoms with Gasteiger partial charge in [0, 0.05) is 5.39 Å². The molecule has 148 valence electrons. The van der Waals surface area contributed by atoms with Gasteiger partial charge in [-0.15, -0.1) is 10.1 Å². The van der Waals surface area contributed by atoms with Gasteiger partial charge in [0.05, 0.1) is 17.4 Å². The van der Waals surface area contributed by atoms with Gasteiger partial charge in [-0.25, -0.2) is 4.79 Å². The van der Waals surface area contributed by atoms with Gasteiger partial charge >= 0.3 is 5.63 Å². The van der Waals surface area contributed by atoms with Crippen molar-refractivity contribution in [2.45, 2.75) is 38.5 Å². The minimum Gasteiger partial charge on any atom is -0.508 e. The van der Waals surface area contributed by atoms with Gasteiger partial charge < -0.3 is 19.5 Å². The molecule has 2 N–H and O–H groups in total. The number of rotatable bonds is 7. The third-order valence-corrected chi connectivity index (χ3v) is 4.95. The standard InChI is InChI=1S/C20H21NO7/c1-20(2,7-3-4-8-27-21(25)26)12-9-16(23)18-15-11-13(22)5-6-14(15)19(24)28-17(18)10-12/h5-6,9-11,22-23H,3-4,7-8H2,1-2H3. The Balaban J connectivity index is 1.96. The van der Waals surface area contributed by atoms with Crippen molar-refractivity contribution in [2.75, 3.05) is 6.61 Å². The zero-order valence-corrected chi connectivity index (χ0v) is 15.6. The van der Waals surface area contributed by atoms with Crippen molar-refractivity contribution in [2.24, 2.45) is 0 Å². The Labute approximate surface area is 160 Å². The SMILES string of the molecule is CC(C)(CCCCO[N+](=O)[O-])c1cc(O)c2c(c1)oc(=O)c1ccc(O)cc12. The number of fused-ring (bicyclic) bond motifs is 3. The third-order valence-electron chi connectivity index (χ3n) is 4.95. The van der Waals surface area contributed by atoms with Gasteiger partial charge in [0.1, 0.15) is 17.1 Å². The van der Waals surface area contributed by atoms with Crippen LogP contribution in [0.15, 0.2) is 39.5 Å². The lowest BCUT2D eigenvalue weighted by atomic mass is 9.79. The maximum Gasteiger partial charge on any atom is 0.344 e. The molecule has 0 atom stereocenters. The van der Waals surface area contributed by atoms with Gasteiger partial charge in [0.2, 0.25) is 0 Å². The maximum absolute atomic E-state index is 12.3. The quantitative estimate of drug-likeness (QED) is 0.206. The summed E-state index contributed by atoms with van der Waals surface area (Å²) in [6.07, 6.45) is 1.91. The third kappa shape index (κ3) is 3.85. The molecule has 0 aliphatic rings. The predicted molar refractivity (Wildman–Crippen MR) is 103 cm³/mol. The lowest BCUT2D eigenvalue weighted by molar-refractivity contribution is -0.757. The largest absolute Gasteiger partial charge is 0.508 e. The highest BCUT2D eigenvalue weighted by atomic mass is 16.9. The minimum atomic E-state index is -0.809. The molecule has 3 aromatic rings. The number of hydrogen-bond donors (Lipinski definition) is 2. The highest BCUT2D eigenvalue weighted by Gasteiger charge is 2.23. The maximum atomic E-state index is 12.3. The van der Waals surface area contributed by atoms with Crippen LogP contribution < -0.4 is 5.63 Å². The fraction of sp³-hybridized carbons (Fsp3) is 0.350. The van der Waals surface area contributed by atoms with E-state index >= 15 is 0 Å². The van der Waals surface area contributed by atoms with Crippen molar-refractivity contribution in [3.63, 3.8) is 0 Å². The van der Waals surface area contributed by atoms with E-state index in [0.29, 0.717) is 30.0 Å². The number of benzene rings is 2. The molecule has 8 nitrogen and oxygen atoms in total. The van der Waals surface area contributed by atoms with E-state index in [9.17, 15) is 25.1 Å². The molecule has 0 saturated heterocycles. The second-order valence-electron chi connectivity index (χ2n) is 7.39. The van der Waals surface area contributed by atoms with Crippen molar-refractivity contribution in [1.29, 1.82) is 0 Å². The molecule has 0 saturated carbocycles. The first kappa shape index (κ1) is 19.5. The highest BCUT2D eigenvalue weighted by Crippen LogP contribution is 2.38. The molecule has 0 aliphatic heterocycles. The summed E-state index contributed by atoms with van der Waals surface area (Å²) in [6.45, 7) is 4.00. The van der Waals surface area contributed by atoms with Crippen LogP contribution in [0, 0.1) is 10.1 Å². The molecule has 0 unspecified atom stereocenters. The average molecular weight is 387 g/mol. The lowest BCUT2D eigenvalue weighted by Gasteiger charge is -2.26. The Kier molecular flexibility index (Phi) is 5.13. The Hall–Kier alpha value is -3.29. The van der Waals surface area contributed by atoms with E-state index in [1.807, 2.05) is 13.8 Å². The summed E-state index contributed by atoms with van der Waals surface area (Å²) in [5.74, 6) is -0.0586. The minimum absolute atomic E-state index is 0.0138. The molecule has 1 heterocycles. The lowest BCUT2D eigenvalue weighted by Crippen LogP contribution is -2.17. The molecule has 0 amide bonds. The van der Waals surface area contributed by atoms with Gasteiger partial charge in [-0.2, -0.15) is 0 Å². The summed E-state index contributed by atoms with van der Waals surface area (Å²) in [4.78, 5) is 26.8. The average Bonchev–Trinajstić information content (AvgIpc) is 2.60. The Bertz CT molecular complexity index is 1100. The number of hydrogen-bond acceptors (Lipinski definition) is 7. The number of nitrogens with zero attached hydrogens (tertiary/aromatic N) is 1. The van der Waals surface area contributed by atoms with Gasteiger partial charge in [0.25, 0.3) is 5.09 Å². The molecule has 0 radical (unpaired) electrons. The zero-order valence-electron chi connectivity index (χ0n) is 15.6. The second kappa shape index (κ2) is 7.38. The van der Waals surface area contributed by atoms with Crippen LogP contribution in [-0.4, -0.2) is 21.9 Å². The fourth-order valence-electron chi connectivity index (χ4n) is 3.37. The first-order chi connectivity index (χ1) is 13.2. The van der Waals surface area contributed by atoms with Crippen LogP contribution in [0.4, 0.5) is 0 Å². The summed E-state index contributed by atoms with van der Waals surface area (Å²) in [5, 5.41) is 30.8. The van der Waals surface area contributed by atoms with E-state index < -0.39 is 10.7 Å². The first-order valence-corrected chi connectivity index (χ1v) is 8.89. The smallest absolute Gasteiger partial charge is 0.344 e. The molecule has 0 fully saturated rings. The van der Waals surface area contributed by atoms with Gasteiger partial charge in [-0.05, 0) is 54.2 Å². The van der Waals surface area contributed by atoms with E-state index in [1.165, 1.54) is 18.2 Å². The number of aromatic hydroxyl groups is 2. The molecule has 8 heteroatoms. The van der Waals surface area contributed by atoms with Crippen LogP contribution in [0.1, 0.15) is 38.7 Å². The monoisotopic (exact) mass is 387 g/mol. The number of phenols is 2. The topological polar surface area (TPSA) is 123 Å². The van der Waals surface area contributed by atoms with E-state index in [4.69, 9.17) is 4.42 Å².